The van der Waals surface area contributed by atoms with E-state index in [9.17, 15) is 39.9 Å². The lowest BCUT2D eigenvalue weighted by Gasteiger charge is -2.47. The van der Waals surface area contributed by atoms with Crippen molar-refractivity contribution in [1.29, 1.82) is 0 Å². The second kappa shape index (κ2) is 9.65. The summed E-state index contributed by atoms with van der Waals surface area (Å²) in [5.74, 6) is -3.46. The van der Waals surface area contributed by atoms with Gasteiger partial charge in [-0.3, -0.25) is 9.59 Å². The highest BCUT2D eigenvalue weighted by Gasteiger charge is 2.66. The molecule has 5 aliphatic rings. The summed E-state index contributed by atoms with van der Waals surface area (Å²) in [5.41, 5.74) is 0.127. The Morgan fingerprint density at radius 2 is 1.93 bits per heavy atom. The molecule has 13 heteroatoms. The predicted octanol–water partition coefficient (Wildman–Crippen LogP) is -1.19. The van der Waals surface area contributed by atoms with Crippen molar-refractivity contribution in [2.45, 2.75) is 67.3 Å². The van der Waals surface area contributed by atoms with E-state index < -0.39 is 84.8 Å². The summed E-state index contributed by atoms with van der Waals surface area (Å²) in [4.78, 5) is 41.0. The third kappa shape index (κ3) is 3.66. The lowest BCUT2D eigenvalue weighted by Crippen LogP contribution is -2.61. The summed E-state index contributed by atoms with van der Waals surface area (Å²) in [6, 6.07) is 5.01. The summed E-state index contributed by atoms with van der Waals surface area (Å²) in [6.45, 7) is 3.23. The van der Waals surface area contributed by atoms with Crippen molar-refractivity contribution < 1.29 is 54.1 Å². The fraction of sp³-hybridized carbons (Fsp3) is 0.519. The van der Waals surface area contributed by atoms with Gasteiger partial charge in [-0.25, -0.2) is 4.79 Å². The Labute approximate surface area is 228 Å². The zero-order chi connectivity index (χ0) is 28.5. The summed E-state index contributed by atoms with van der Waals surface area (Å²) >= 11 is 0. The third-order valence-corrected chi connectivity index (χ3v) is 8.96. The van der Waals surface area contributed by atoms with Gasteiger partial charge < -0.3 is 50.0 Å². The summed E-state index contributed by atoms with van der Waals surface area (Å²) in [6.07, 6.45) is -5.96. The van der Waals surface area contributed by atoms with E-state index in [1.807, 2.05) is 0 Å². The Hall–Kier alpha value is -3.33. The van der Waals surface area contributed by atoms with E-state index in [1.165, 1.54) is 17.2 Å². The van der Waals surface area contributed by atoms with Gasteiger partial charge >= 0.3 is 5.97 Å². The van der Waals surface area contributed by atoms with E-state index in [2.05, 4.69) is 11.9 Å². The van der Waals surface area contributed by atoms with E-state index in [4.69, 9.17) is 14.2 Å². The Kier molecular flexibility index (Phi) is 6.48. The molecule has 0 aromatic heterocycles. The van der Waals surface area contributed by atoms with Crippen LogP contribution in [0.25, 0.3) is 0 Å². The number of amides is 2. The number of hydrogen-bond acceptors (Lipinski definition) is 10. The number of ether oxygens (including phenoxy) is 3. The summed E-state index contributed by atoms with van der Waals surface area (Å²) in [7, 11) is 0. The van der Waals surface area contributed by atoms with E-state index in [0.717, 1.165) is 0 Å². The molecule has 0 radical (unpaired) electrons. The number of para-hydroxylation sites is 1. The van der Waals surface area contributed by atoms with Gasteiger partial charge in [0.1, 0.15) is 30.5 Å². The van der Waals surface area contributed by atoms with Crippen molar-refractivity contribution in [2.24, 2.45) is 11.8 Å². The number of hydrogen-bond donors (Lipinski definition) is 6. The van der Waals surface area contributed by atoms with Crippen LogP contribution in [0.4, 0.5) is 5.69 Å². The van der Waals surface area contributed by atoms with Crippen LogP contribution in [0.1, 0.15) is 18.4 Å². The van der Waals surface area contributed by atoms with Crippen molar-refractivity contribution in [3.8, 4) is 0 Å². The molecule has 3 saturated heterocycles. The van der Waals surface area contributed by atoms with E-state index in [0.29, 0.717) is 11.3 Å². The van der Waals surface area contributed by atoms with Crippen molar-refractivity contribution in [3.63, 3.8) is 0 Å². The average Bonchev–Trinajstić information content (AvgIpc) is 3.44. The number of aliphatic carboxylic acids is 1. The molecule has 6 N–H and O–H groups in total. The van der Waals surface area contributed by atoms with Gasteiger partial charge in [-0.2, -0.15) is 0 Å². The van der Waals surface area contributed by atoms with Crippen molar-refractivity contribution in [3.05, 3.63) is 54.3 Å². The number of rotatable bonds is 5. The number of nitrogens with one attached hydrogen (secondary N) is 1. The Balaban J connectivity index is 1.34. The molecule has 13 nitrogen and oxygen atoms in total. The molecular weight excluding hydrogens is 528 g/mol. The molecule has 3 fully saturated rings. The number of nitrogens with zero attached hydrogens (tertiary/aromatic N) is 1. The SMILES string of the molecule is C=CC1C(OC2OC(CO)C(O)C(O)C2O)OC=C2C(=O)N3C(C(=O)O)CC4(C(=O)Nc5ccccc54)C3CC21. The highest BCUT2D eigenvalue weighted by atomic mass is 16.8. The Bertz CT molecular complexity index is 1280. The van der Waals surface area contributed by atoms with Gasteiger partial charge in [0, 0.05) is 17.5 Å². The number of piperidine rings is 1. The first-order chi connectivity index (χ1) is 19.1. The molecule has 1 aromatic rings. The minimum atomic E-state index is -1.67. The van der Waals surface area contributed by atoms with E-state index >= 15 is 0 Å². The van der Waals surface area contributed by atoms with Crippen LogP contribution in [0.5, 0.6) is 0 Å². The largest absolute Gasteiger partial charge is 0.480 e. The van der Waals surface area contributed by atoms with Crippen molar-refractivity contribution >= 4 is 23.5 Å². The van der Waals surface area contributed by atoms with Gasteiger partial charge in [0.15, 0.2) is 6.29 Å². The topological polar surface area (TPSA) is 195 Å². The minimum Gasteiger partial charge on any atom is -0.480 e. The smallest absolute Gasteiger partial charge is 0.326 e. The van der Waals surface area contributed by atoms with Gasteiger partial charge in [-0.15, -0.1) is 6.58 Å². The standard InChI is InChI=1S/C27H30N2O11/c1-2-11-12-7-18-27(14-5-3-4-6-15(14)28-26(27)37)8-16(23(35)36)29(18)22(34)13(12)10-38-24(11)40-25-21(33)20(32)19(31)17(9-30)39-25/h2-6,10-12,16-21,24-25,30-33H,1,7-9H2,(H,28,37)(H,35,36). The number of carbonyl (C=O) groups is 3. The molecule has 0 bridgehead atoms. The van der Waals surface area contributed by atoms with E-state index in [1.54, 1.807) is 24.3 Å². The Morgan fingerprint density at radius 1 is 1.18 bits per heavy atom. The maximum Gasteiger partial charge on any atom is 0.326 e. The number of carboxylic acid groups (broad SMARTS) is 1. The van der Waals surface area contributed by atoms with Gasteiger partial charge in [0.05, 0.1) is 29.9 Å². The number of anilines is 1. The molecule has 214 valence electrons. The number of aliphatic hydroxyl groups is 4. The molecule has 1 aromatic carbocycles. The van der Waals surface area contributed by atoms with Gasteiger partial charge in [-0.05, 0) is 24.5 Å². The molecule has 5 heterocycles. The molecule has 11 unspecified atom stereocenters. The number of fused-ring (bicyclic) bond motifs is 5. The van der Waals surface area contributed by atoms with Crippen LogP contribution in [0.3, 0.4) is 0 Å². The average molecular weight is 559 g/mol. The summed E-state index contributed by atoms with van der Waals surface area (Å²) < 4.78 is 17.0. The number of carbonyl (C=O) groups excluding carboxylic acids is 2. The van der Waals surface area contributed by atoms with Crippen molar-refractivity contribution in [2.75, 3.05) is 11.9 Å². The molecule has 0 aliphatic carbocycles. The molecule has 6 rings (SSSR count). The van der Waals surface area contributed by atoms with E-state index in [-0.39, 0.29) is 24.3 Å². The maximum absolute atomic E-state index is 13.8. The fourth-order valence-corrected chi connectivity index (χ4v) is 6.98. The van der Waals surface area contributed by atoms with Crippen LogP contribution in [0.2, 0.25) is 0 Å². The summed E-state index contributed by atoms with van der Waals surface area (Å²) in [5, 5.41) is 53.1. The fourth-order valence-electron chi connectivity index (χ4n) is 6.98. The molecule has 1 spiro atoms. The maximum atomic E-state index is 13.8. The van der Waals surface area contributed by atoms with Crippen LogP contribution in [0, 0.1) is 11.8 Å². The first-order valence-electron chi connectivity index (χ1n) is 13.0. The normalized spacial score (nSPS) is 41.9. The first kappa shape index (κ1) is 26.9. The predicted molar refractivity (Wildman–Crippen MR) is 133 cm³/mol. The van der Waals surface area contributed by atoms with Crippen LogP contribution < -0.4 is 5.32 Å². The molecule has 11 atom stereocenters. The Morgan fingerprint density at radius 3 is 2.62 bits per heavy atom. The third-order valence-electron chi connectivity index (χ3n) is 8.96. The quantitative estimate of drug-likeness (QED) is 0.238. The zero-order valence-corrected chi connectivity index (χ0v) is 21.2. The number of aliphatic hydroxyl groups excluding tert-OH is 4. The second-order valence-electron chi connectivity index (χ2n) is 10.8. The molecule has 40 heavy (non-hydrogen) atoms. The van der Waals surface area contributed by atoms with Gasteiger partial charge in [-0.1, -0.05) is 24.3 Å². The number of benzene rings is 1. The van der Waals surface area contributed by atoms with Gasteiger partial charge in [0.25, 0.3) is 5.91 Å². The van der Waals surface area contributed by atoms with Crippen LogP contribution in [0.15, 0.2) is 48.8 Å². The van der Waals surface area contributed by atoms with Gasteiger partial charge in [0.2, 0.25) is 12.2 Å². The van der Waals surface area contributed by atoms with Crippen LogP contribution >= 0.6 is 0 Å². The highest BCUT2D eigenvalue weighted by molar-refractivity contribution is 6.09. The number of carboxylic acids is 1. The van der Waals surface area contributed by atoms with Crippen LogP contribution in [-0.4, -0.2) is 104 Å². The lowest BCUT2D eigenvalue weighted by molar-refractivity contribution is -0.339. The second-order valence-corrected chi connectivity index (χ2v) is 10.8. The van der Waals surface area contributed by atoms with Crippen molar-refractivity contribution in [1.82, 2.24) is 4.90 Å². The zero-order valence-electron chi connectivity index (χ0n) is 21.2. The minimum absolute atomic E-state index is 0.0913. The molecule has 0 saturated carbocycles. The van der Waals surface area contributed by atoms with Crippen LogP contribution in [-0.2, 0) is 34.0 Å². The monoisotopic (exact) mass is 558 g/mol. The first-order valence-corrected chi connectivity index (χ1v) is 13.0. The highest BCUT2D eigenvalue weighted by Crippen LogP contribution is 2.56. The molecule has 5 aliphatic heterocycles. The molecule has 2 amide bonds. The molecular formula is C27H30N2O11. The lowest BCUT2D eigenvalue weighted by atomic mass is 9.67.